The number of carbonyl (C=O) groups excluding carboxylic acids is 2. The Bertz CT molecular complexity index is 582. The smallest absolute Gasteiger partial charge is 0.231 e. The summed E-state index contributed by atoms with van der Waals surface area (Å²) < 4.78 is 10.6. The maximum Gasteiger partial charge on any atom is 0.231 e. The molecular weight excluding hydrogens is 296 g/mol. The summed E-state index contributed by atoms with van der Waals surface area (Å²) in [5, 5.41) is 2.82. The lowest BCUT2D eigenvalue weighted by Gasteiger charge is -2.15. The Kier molecular flexibility index (Phi) is 5.00. The molecule has 0 atom stereocenters. The molecule has 0 saturated carbocycles. The molecule has 3 rings (SSSR count). The van der Waals surface area contributed by atoms with E-state index < -0.39 is 0 Å². The maximum absolute atomic E-state index is 11.9. The van der Waals surface area contributed by atoms with Gasteiger partial charge in [0.1, 0.15) is 0 Å². The van der Waals surface area contributed by atoms with E-state index in [9.17, 15) is 9.59 Å². The van der Waals surface area contributed by atoms with E-state index in [4.69, 9.17) is 9.47 Å². The van der Waals surface area contributed by atoms with Gasteiger partial charge in [-0.05, 0) is 37.0 Å². The van der Waals surface area contributed by atoms with Gasteiger partial charge >= 0.3 is 0 Å². The number of nitrogens with zero attached hydrogens (tertiary/aromatic N) is 1. The van der Waals surface area contributed by atoms with Crippen LogP contribution in [0.1, 0.15) is 31.2 Å². The molecule has 6 heteroatoms. The second kappa shape index (κ2) is 7.35. The molecule has 0 aliphatic carbocycles. The van der Waals surface area contributed by atoms with E-state index in [0.29, 0.717) is 25.8 Å². The number of nitrogens with one attached hydrogen (secondary N) is 1. The highest BCUT2D eigenvalue weighted by molar-refractivity contribution is 5.79. The van der Waals surface area contributed by atoms with E-state index >= 15 is 0 Å². The number of ether oxygens (including phenoxy) is 2. The van der Waals surface area contributed by atoms with E-state index in [-0.39, 0.29) is 18.6 Å². The Morgan fingerprint density at radius 3 is 2.70 bits per heavy atom. The fraction of sp³-hybridized carbons (Fsp3) is 0.529. The Morgan fingerprint density at radius 1 is 1.09 bits per heavy atom. The Balaban J connectivity index is 1.35. The van der Waals surface area contributed by atoms with Crippen molar-refractivity contribution in [1.82, 2.24) is 10.2 Å². The minimum Gasteiger partial charge on any atom is -0.454 e. The average Bonchev–Trinajstić information content (AvgIpc) is 3.23. The number of amides is 2. The third-order valence-corrected chi connectivity index (χ3v) is 4.20. The van der Waals surface area contributed by atoms with E-state index in [1.807, 2.05) is 23.1 Å². The van der Waals surface area contributed by atoms with E-state index in [1.54, 1.807) is 0 Å². The Labute approximate surface area is 135 Å². The van der Waals surface area contributed by atoms with Gasteiger partial charge in [0.25, 0.3) is 0 Å². The first kappa shape index (κ1) is 15.6. The van der Waals surface area contributed by atoms with Gasteiger partial charge in [-0.3, -0.25) is 9.59 Å². The maximum atomic E-state index is 11.9. The highest BCUT2D eigenvalue weighted by Crippen LogP contribution is 2.32. The van der Waals surface area contributed by atoms with Crippen LogP contribution in [-0.4, -0.2) is 43.1 Å². The van der Waals surface area contributed by atoms with Crippen molar-refractivity contribution in [3.05, 3.63) is 23.8 Å². The molecule has 1 saturated heterocycles. The molecular formula is C17H22N2O4. The lowest BCUT2D eigenvalue weighted by atomic mass is 10.1. The van der Waals surface area contributed by atoms with Crippen molar-refractivity contribution in [2.24, 2.45) is 0 Å². The van der Waals surface area contributed by atoms with Crippen LogP contribution in [0.2, 0.25) is 0 Å². The summed E-state index contributed by atoms with van der Waals surface area (Å²) in [7, 11) is 0. The Morgan fingerprint density at radius 2 is 1.87 bits per heavy atom. The number of fused-ring (bicyclic) bond motifs is 1. The number of likely N-dealkylation sites (tertiary alicyclic amines) is 1. The van der Waals surface area contributed by atoms with Crippen molar-refractivity contribution in [2.45, 2.75) is 32.1 Å². The van der Waals surface area contributed by atoms with Crippen molar-refractivity contribution in [3.63, 3.8) is 0 Å². The van der Waals surface area contributed by atoms with Crippen LogP contribution in [0.4, 0.5) is 0 Å². The van der Waals surface area contributed by atoms with E-state index in [0.717, 1.165) is 43.0 Å². The van der Waals surface area contributed by atoms with Crippen LogP contribution in [0.15, 0.2) is 18.2 Å². The minimum atomic E-state index is -0.0307. The number of hydrogen-bond donors (Lipinski definition) is 1. The largest absolute Gasteiger partial charge is 0.454 e. The summed E-state index contributed by atoms with van der Waals surface area (Å²) in [6.45, 7) is 2.38. The minimum absolute atomic E-state index is 0.0307. The van der Waals surface area contributed by atoms with Gasteiger partial charge in [-0.25, -0.2) is 0 Å². The molecule has 124 valence electrons. The molecule has 1 N–H and O–H groups in total. The molecule has 2 aliphatic heterocycles. The van der Waals surface area contributed by atoms with Crippen LogP contribution >= 0.6 is 0 Å². The molecule has 0 spiro atoms. The van der Waals surface area contributed by atoms with E-state index in [1.165, 1.54) is 0 Å². The third-order valence-electron chi connectivity index (χ3n) is 4.20. The SMILES string of the molecule is O=C(CCc1ccc2c(c1)OCO2)NCCC(=O)N1CCCC1. The molecule has 1 aromatic carbocycles. The zero-order valence-electron chi connectivity index (χ0n) is 13.2. The molecule has 0 radical (unpaired) electrons. The number of rotatable bonds is 6. The number of benzene rings is 1. The molecule has 1 fully saturated rings. The highest BCUT2D eigenvalue weighted by Gasteiger charge is 2.17. The van der Waals surface area contributed by atoms with Crippen molar-refractivity contribution < 1.29 is 19.1 Å². The van der Waals surface area contributed by atoms with Crippen LogP contribution in [0.3, 0.4) is 0 Å². The average molecular weight is 318 g/mol. The van der Waals surface area contributed by atoms with Crippen molar-refractivity contribution in [1.29, 1.82) is 0 Å². The summed E-state index contributed by atoms with van der Waals surface area (Å²) >= 11 is 0. The first-order chi connectivity index (χ1) is 11.2. The first-order valence-electron chi connectivity index (χ1n) is 8.15. The molecule has 0 bridgehead atoms. The first-order valence-corrected chi connectivity index (χ1v) is 8.15. The zero-order valence-corrected chi connectivity index (χ0v) is 13.2. The van der Waals surface area contributed by atoms with E-state index in [2.05, 4.69) is 5.32 Å². The second-order valence-corrected chi connectivity index (χ2v) is 5.88. The van der Waals surface area contributed by atoms with Crippen LogP contribution < -0.4 is 14.8 Å². The summed E-state index contributed by atoms with van der Waals surface area (Å²) in [5.41, 5.74) is 1.04. The van der Waals surface area contributed by atoms with Crippen molar-refractivity contribution >= 4 is 11.8 Å². The van der Waals surface area contributed by atoms with Gasteiger partial charge in [-0.2, -0.15) is 0 Å². The van der Waals surface area contributed by atoms with Gasteiger partial charge in [0.2, 0.25) is 18.6 Å². The van der Waals surface area contributed by atoms with Crippen LogP contribution in [0.25, 0.3) is 0 Å². The summed E-state index contributed by atoms with van der Waals surface area (Å²) in [4.78, 5) is 25.6. The monoisotopic (exact) mass is 318 g/mol. The summed E-state index contributed by atoms with van der Waals surface area (Å²) in [6, 6.07) is 5.72. The molecule has 6 nitrogen and oxygen atoms in total. The highest BCUT2D eigenvalue weighted by atomic mass is 16.7. The molecule has 23 heavy (non-hydrogen) atoms. The summed E-state index contributed by atoms with van der Waals surface area (Å²) in [5.74, 6) is 1.59. The molecule has 2 heterocycles. The number of carbonyl (C=O) groups is 2. The van der Waals surface area contributed by atoms with Gasteiger partial charge in [0.15, 0.2) is 11.5 Å². The third kappa shape index (κ3) is 4.15. The summed E-state index contributed by atoms with van der Waals surface area (Å²) in [6.07, 6.45) is 3.61. The molecule has 0 aromatic heterocycles. The number of hydrogen-bond acceptors (Lipinski definition) is 4. The normalized spacial score (nSPS) is 15.7. The van der Waals surface area contributed by atoms with Crippen molar-refractivity contribution in [2.75, 3.05) is 26.4 Å². The van der Waals surface area contributed by atoms with Gasteiger partial charge in [0.05, 0.1) is 0 Å². The molecule has 0 unspecified atom stereocenters. The second-order valence-electron chi connectivity index (χ2n) is 5.88. The van der Waals surface area contributed by atoms with Gasteiger partial charge in [-0.15, -0.1) is 0 Å². The molecule has 2 amide bonds. The number of aryl methyl sites for hydroxylation is 1. The fourth-order valence-electron chi connectivity index (χ4n) is 2.88. The van der Waals surface area contributed by atoms with Crippen LogP contribution in [0, 0.1) is 0 Å². The standard InChI is InChI=1S/C17H22N2O4/c20-16(18-8-7-17(21)19-9-1-2-10-19)6-4-13-3-5-14-15(11-13)23-12-22-14/h3,5,11H,1-2,4,6-10,12H2,(H,18,20). The molecule has 1 aromatic rings. The molecule has 2 aliphatic rings. The quantitative estimate of drug-likeness (QED) is 0.862. The van der Waals surface area contributed by atoms with Crippen molar-refractivity contribution in [3.8, 4) is 11.5 Å². The fourth-order valence-corrected chi connectivity index (χ4v) is 2.88. The Hall–Kier alpha value is -2.24. The van der Waals surface area contributed by atoms with Gasteiger partial charge < -0.3 is 19.7 Å². The zero-order chi connectivity index (χ0) is 16.1. The lowest BCUT2D eigenvalue weighted by Crippen LogP contribution is -2.32. The van der Waals surface area contributed by atoms with Gasteiger partial charge in [0, 0.05) is 32.5 Å². The predicted molar refractivity (Wildman–Crippen MR) is 84.3 cm³/mol. The predicted octanol–water partition coefficient (Wildman–Crippen LogP) is 1.48. The van der Waals surface area contributed by atoms with Crippen LogP contribution in [0.5, 0.6) is 11.5 Å². The topological polar surface area (TPSA) is 67.9 Å². The van der Waals surface area contributed by atoms with Gasteiger partial charge in [-0.1, -0.05) is 6.07 Å². The lowest BCUT2D eigenvalue weighted by molar-refractivity contribution is -0.130. The van der Waals surface area contributed by atoms with Crippen LogP contribution in [-0.2, 0) is 16.0 Å².